The smallest absolute Gasteiger partial charge is 0.180 e. The van der Waals surface area contributed by atoms with Crippen LogP contribution in [-0.4, -0.2) is 77.4 Å². The third-order valence-corrected chi connectivity index (χ3v) is 7.05. The Morgan fingerprint density at radius 2 is 1.71 bits per heavy atom. The first kappa shape index (κ1) is 22.1. The molecule has 182 valence electrons. The van der Waals surface area contributed by atoms with Crippen LogP contribution < -0.4 is 15.1 Å². The number of hydrogen-bond acceptors (Lipinski definition) is 8. The SMILES string of the molecule is Cc1cc(CN2CCN(c3c(C)cnc4nc(-c5ccc(N6CCNCC6)cc5)[nH]c34)CC2)no1. The van der Waals surface area contributed by atoms with E-state index in [-0.39, 0.29) is 0 Å². The highest BCUT2D eigenvalue weighted by molar-refractivity contribution is 5.90. The summed E-state index contributed by atoms with van der Waals surface area (Å²) in [5.74, 6) is 1.73. The lowest BCUT2D eigenvalue weighted by Gasteiger charge is -2.36. The van der Waals surface area contributed by atoms with E-state index in [0.29, 0.717) is 0 Å². The fourth-order valence-corrected chi connectivity index (χ4v) is 5.19. The standard InChI is InChI=1S/C26H32N8O/c1-18-16-28-26-23(24(18)34-13-11-32(12-14-34)17-21-15-19(2)35-31-21)29-25(30-26)20-3-5-22(6-4-20)33-9-7-27-8-10-33/h3-6,15-16,27H,7-14,17H2,1-2H3,(H,28,29,30). The molecule has 0 bridgehead atoms. The number of imidazole rings is 1. The van der Waals surface area contributed by atoms with Crippen molar-refractivity contribution in [1.82, 2.24) is 30.3 Å². The van der Waals surface area contributed by atoms with Gasteiger partial charge in [0.15, 0.2) is 5.65 Å². The number of nitrogens with zero attached hydrogens (tertiary/aromatic N) is 6. The number of rotatable bonds is 5. The molecule has 6 rings (SSSR count). The third-order valence-electron chi connectivity index (χ3n) is 7.05. The Hall–Kier alpha value is -3.43. The van der Waals surface area contributed by atoms with Crippen LogP contribution in [-0.2, 0) is 6.54 Å². The van der Waals surface area contributed by atoms with E-state index in [1.54, 1.807) is 0 Å². The maximum atomic E-state index is 5.23. The molecule has 2 saturated heterocycles. The molecular weight excluding hydrogens is 440 g/mol. The Morgan fingerprint density at radius 3 is 2.43 bits per heavy atom. The molecule has 2 fully saturated rings. The Morgan fingerprint density at radius 1 is 0.943 bits per heavy atom. The Kier molecular flexibility index (Phi) is 5.87. The van der Waals surface area contributed by atoms with E-state index in [1.165, 1.54) is 16.9 Å². The predicted octanol–water partition coefficient (Wildman–Crippen LogP) is 2.96. The number of anilines is 2. The summed E-state index contributed by atoms with van der Waals surface area (Å²) in [5, 5.41) is 7.56. The number of piperazine rings is 2. The van der Waals surface area contributed by atoms with E-state index in [2.05, 4.69) is 66.3 Å². The first-order chi connectivity index (χ1) is 17.1. The number of aromatic amines is 1. The molecule has 0 saturated carbocycles. The minimum Gasteiger partial charge on any atom is -0.369 e. The first-order valence-electron chi connectivity index (χ1n) is 12.4. The molecule has 2 N–H and O–H groups in total. The topological polar surface area (TPSA) is 89.4 Å². The number of aryl methyl sites for hydroxylation is 2. The summed E-state index contributed by atoms with van der Waals surface area (Å²) in [6, 6.07) is 10.7. The fraction of sp³-hybridized carbons (Fsp3) is 0.423. The van der Waals surface area contributed by atoms with Gasteiger partial charge >= 0.3 is 0 Å². The third kappa shape index (κ3) is 4.49. The zero-order valence-corrected chi connectivity index (χ0v) is 20.4. The van der Waals surface area contributed by atoms with E-state index < -0.39 is 0 Å². The maximum absolute atomic E-state index is 5.23. The van der Waals surface area contributed by atoms with Gasteiger partial charge in [0.05, 0.1) is 11.4 Å². The first-order valence-corrected chi connectivity index (χ1v) is 12.4. The van der Waals surface area contributed by atoms with E-state index in [9.17, 15) is 0 Å². The number of benzene rings is 1. The monoisotopic (exact) mass is 472 g/mol. The van der Waals surface area contributed by atoms with E-state index in [1.807, 2.05) is 19.2 Å². The van der Waals surface area contributed by atoms with Crippen LogP contribution in [0.1, 0.15) is 17.0 Å². The highest BCUT2D eigenvalue weighted by atomic mass is 16.5. The van der Waals surface area contributed by atoms with Crippen LogP contribution in [0.2, 0.25) is 0 Å². The normalized spacial score (nSPS) is 17.4. The van der Waals surface area contributed by atoms with Gasteiger partial charge in [0.25, 0.3) is 0 Å². The van der Waals surface area contributed by atoms with Gasteiger partial charge in [-0.25, -0.2) is 9.97 Å². The summed E-state index contributed by atoms with van der Waals surface area (Å²) in [4.78, 5) is 20.4. The van der Waals surface area contributed by atoms with Crippen molar-refractivity contribution in [3.05, 3.63) is 53.5 Å². The number of hydrogen-bond donors (Lipinski definition) is 2. The molecular formula is C26H32N8O. The highest BCUT2D eigenvalue weighted by Crippen LogP contribution is 2.31. The number of nitrogens with one attached hydrogen (secondary N) is 2. The summed E-state index contributed by atoms with van der Waals surface area (Å²) < 4.78 is 5.23. The predicted molar refractivity (Wildman–Crippen MR) is 138 cm³/mol. The van der Waals surface area contributed by atoms with Gasteiger partial charge in [0.1, 0.15) is 17.1 Å². The molecule has 9 heteroatoms. The van der Waals surface area contributed by atoms with Crippen LogP contribution >= 0.6 is 0 Å². The quantitative estimate of drug-likeness (QED) is 0.458. The summed E-state index contributed by atoms with van der Waals surface area (Å²) in [7, 11) is 0. The van der Waals surface area contributed by atoms with Gasteiger partial charge in [-0.1, -0.05) is 5.16 Å². The second-order valence-corrected chi connectivity index (χ2v) is 9.55. The summed E-state index contributed by atoms with van der Waals surface area (Å²) in [6.07, 6.45) is 1.94. The summed E-state index contributed by atoms with van der Waals surface area (Å²) >= 11 is 0. The molecule has 2 aliphatic heterocycles. The lowest BCUT2D eigenvalue weighted by atomic mass is 10.1. The largest absolute Gasteiger partial charge is 0.369 e. The lowest BCUT2D eigenvalue weighted by Crippen LogP contribution is -2.46. The molecule has 1 aromatic carbocycles. The Labute approximate surface area is 205 Å². The number of aromatic nitrogens is 4. The van der Waals surface area contributed by atoms with E-state index in [4.69, 9.17) is 9.51 Å². The molecule has 4 aromatic rings. The van der Waals surface area contributed by atoms with Crippen molar-refractivity contribution in [1.29, 1.82) is 0 Å². The highest BCUT2D eigenvalue weighted by Gasteiger charge is 2.23. The molecule has 5 heterocycles. The number of H-pyrrole nitrogens is 1. The molecule has 0 radical (unpaired) electrons. The Balaban J connectivity index is 1.21. The second kappa shape index (κ2) is 9.31. The van der Waals surface area contributed by atoms with Crippen molar-refractivity contribution < 1.29 is 4.52 Å². The van der Waals surface area contributed by atoms with Gasteiger partial charge in [-0.05, 0) is 43.7 Å². The van der Waals surface area contributed by atoms with Gasteiger partial charge in [-0.3, -0.25) is 4.90 Å². The van der Waals surface area contributed by atoms with E-state index in [0.717, 1.165) is 92.9 Å². The summed E-state index contributed by atoms with van der Waals surface area (Å²) in [5.41, 5.74) is 7.52. The second-order valence-electron chi connectivity index (χ2n) is 9.55. The maximum Gasteiger partial charge on any atom is 0.180 e. The summed E-state index contributed by atoms with van der Waals surface area (Å²) in [6.45, 7) is 12.9. The van der Waals surface area contributed by atoms with Crippen LogP contribution in [0, 0.1) is 13.8 Å². The van der Waals surface area contributed by atoms with Crippen LogP contribution in [0.5, 0.6) is 0 Å². The molecule has 35 heavy (non-hydrogen) atoms. The fourth-order valence-electron chi connectivity index (χ4n) is 5.19. The van der Waals surface area contributed by atoms with Gasteiger partial charge in [-0.15, -0.1) is 0 Å². The molecule has 0 amide bonds. The molecule has 0 spiro atoms. The molecule has 0 atom stereocenters. The molecule has 0 aliphatic carbocycles. The zero-order valence-electron chi connectivity index (χ0n) is 20.4. The average Bonchev–Trinajstić information content (AvgIpc) is 3.51. The van der Waals surface area contributed by atoms with Crippen LogP contribution in [0.25, 0.3) is 22.6 Å². The van der Waals surface area contributed by atoms with Gasteiger partial charge in [-0.2, -0.15) is 0 Å². The Bertz CT molecular complexity index is 1300. The molecule has 0 unspecified atom stereocenters. The van der Waals surface area contributed by atoms with Crippen molar-refractivity contribution in [2.24, 2.45) is 0 Å². The number of fused-ring (bicyclic) bond motifs is 1. The lowest BCUT2D eigenvalue weighted by molar-refractivity contribution is 0.242. The molecule has 9 nitrogen and oxygen atoms in total. The van der Waals surface area contributed by atoms with Gasteiger partial charge in [0, 0.05) is 82.4 Å². The molecule has 3 aromatic heterocycles. The van der Waals surface area contributed by atoms with Crippen molar-refractivity contribution in [2.75, 3.05) is 62.2 Å². The van der Waals surface area contributed by atoms with Crippen molar-refractivity contribution in [3.63, 3.8) is 0 Å². The van der Waals surface area contributed by atoms with Crippen molar-refractivity contribution in [2.45, 2.75) is 20.4 Å². The van der Waals surface area contributed by atoms with Crippen molar-refractivity contribution >= 4 is 22.5 Å². The van der Waals surface area contributed by atoms with Gasteiger partial charge in [0.2, 0.25) is 0 Å². The van der Waals surface area contributed by atoms with Crippen LogP contribution in [0.3, 0.4) is 0 Å². The number of pyridine rings is 1. The van der Waals surface area contributed by atoms with Crippen molar-refractivity contribution in [3.8, 4) is 11.4 Å². The minimum atomic E-state index is 0.771. The van der Waals surface area contributed by atoms with E-state index >= 15 is 0 Å². The molecule has 2 aliphatic rings. The van der Waals surface area contributed by atoms with Crippen LogP contribution in [0.15, 0.2) is 41.1 Å². The zero-order chi connectivity index (χ0) is 23.8. The van der Waals surface area contributed by atoms with Gasteiger partial charge < -0.3 is 24.6 Å². The minimum absolute atomic E-state index is 0.771. The van der Waals surface area contributed by atoms with Crippen LogP contribution in [0.4, 0.5) is 11.4 Å². The average molecular weight is 473 g/mol.